The van der Waals surface area contributed by atoms with Crippen LogP contribution >= 0.6 is 0 Å². The highest BCUT2D eigenvalue weighted by Gasteiger charge is 2.44. The van der Waals surface area contributed by atoms with E-state index in [1.165, 1.54) is 0 Å². The van der Waals surface area contributed by atoms with E-state index < -0.39 is 11.6 Å². The van der Waals surface area contributed by atoms with Crippen molar-refractivity contribution < 1.29 is 19.5 Å². The quantitative estimate of drug-likeness (QED) is 0.477. The van der Waals surface area contributed by atoms with Crippen molar-refractivity contribution in [3.63, 3.8) is 0 Å². The van der Waals surface area contributed by atoms with Crippen molar-refractivity contribution in [3.05, 3.63) is 11.3 Å². The number of aliphatic hydroxyl groups excluding tert-OH is 1. The summed E-state index contributed by atoms with van der Waals surface area (Å²) in [4.78, 5) is 17.3. The summed E-state index contributed by atoms with van der Waals surface area (Å²) in [5.74, 6) is -0.349. The molecule has 0 amide bonds. The highest BCUT2D eigenvalue weighted by molar-refractivity contribution is 6.20. The Morgan fingerprint density at radius 1 is 1.40 bits per heavy atom. The molecular weight excluding hydrogens is 258 g/mol. The number of hydrogen-bond donors (Lipinski definition) is 1. The largest absolute Gasteiger partial charge is 0.511 e. The summed E-state index contributed by atoms with van der Waals surface area (Å²) < 4.78 is 5.63. The Morgan fingerprint density at radius 2 is 2.10 bits per heavy atom. The second-order valence-corrected chi connectivity index (χ2v) is 5.48. The third-order valence-electron chi connectivity index (χ3n) is 3.89. The Labute approximate surface area is 119 Å². The molecule has 2 aliphatic rings. The van der Waals surface area contributed by atoms with Crippen molar-refractivity contribution in [2.24, 2.45) is 5.16 Å². The number of carbonyl (C=O) groups is 1. The molecule has 5 nitrogen and oxygen atoms in total. The number of esters is 1. The third-order valence-corrected chi connectivity index (χ3v) is 3.89. The van der Waals surface area contributed by atoms with Crippen LogP contribution in [-0.2, 0) is 14.4 Å². The van der Waals surface area contributed by atoms with Crippen molar-refractivity contribution in [3.8, 4) is 0 Å². The molecule has 1 heterocycles. The molecule has 0 aromatic rings. The van der Waals surface area contributed by atoms with E-state index in [-0.39, 0.29) is 11.3 Å². The van der Waals surface area contributed by atoms with Gasteiger partial charge in [-0.15, -0.1) is 0 Å². The molecule has 0 aromatic carbocycles. The van der Waals surface area contributed by atoms with Gasteiger partial charge < -0.3 is 14.7 Å². The number of ether oxygens (including phenoxy) is 1. The van der Waals surface area contributed by atoms with E-state index in [9.17, 15) is 9.90 Å². The smallest absolute Gasteiger partial charge is 0.344 e. The van der Waals surface area contributed by atoms with Gasteiger partial charge in [-0.3, -0.25) is 0 Å². The molecule has 1 saturated carbocycles. The zero-order valence-electron chi connectivity index (χ0n) is 12.3. The van der Waals surface area contributed by atoms with Crippen molar-refractivity contribution in [1.82, 2.24) is 0 Å². The minimum atomic E-state index is -0.479. The highest BCUT2D eigenvalue weighted by atomic mass is 16.6. The Hall–Kier alpha value is -1.52. The van der Waals surface area contributed by atoms with Crippen LogP contribution in [-0.4, -0.2) is 29.0 Å². The number of rotatable bonds is 5. The topological polar surface area (TPSA) is 68.1 Å². The third kappa shape index (κ3) is 2.97. The van der Waals surface area contributed by atoms with Gasteiger partial charge >= 0.3 is 5.97 Å². The minimum Gasteiger partial charge on any atom is -0.511 e. The molecule has 1 aliphatic carbocycles. The summed E-state index contributed by atoms with van der Waals surface area (Å²) in [6, 6.07) is 0. The van der Waals surface area contributed by atoms with Gasteiger partial charge in [0.25, 0.3) is 0 Å². The average Bonchev–Trinajstić information content (AvgIpc) is 2.82. The van der Waals surface area contributed by atoms with Gasteiger partial charge in [0.2, 0.25) is 0 Å². The van der Waals surface area contributed by atoms with E-state index in [0.29, 0.717) is 25.2 Å². The van der Waals surface area contributed by atoms with E-state index in [0.717, 1.165) is 32.1 Å². The number of carbonyl (C=O) groups excluding carboxylic acids is 1. The van der Waals surface area contributed by atoms with Crippen LogP contribution in [0.25, 0.3) is 0 Å². The lowest BCUT2D eigenvalue weighted by Crippen LogP contribution is -2.39. The molecule has 0 saturated heterocycles. The first-order chi connectivity index (χ1) is 9.62. The summed E-state index contributed by atoms with van der Waals surface area (Å²) in [5, 5.41) is 14.3. The molecule has 5 heteroatoms. The van der Waals surface area contributed by atoms with E-state index in [4.69, 9.17) is 9.57 Å². The molecule has 0 atom stereocenters. The van der Waals surface area contributed by atoms with Gasteiger partial charge in [0.05, 0.1) is 5.71 Å². The molecule has 1 aliphatic heterocycles. The summed E-state index contributed by atoms with van der Waals surface area (Å²) in [6.45, 7) is 4.25. The average molecular weight is 281 g/mol. The van der Waals surface area contributed by atoms with Gasteiger partial charge in [-0.05, 0) is 39.0 Å². The maximum Gasteiger partial charge on any atom is 0.344 e. The SMILES string of the molecule is CCC/C(=N\OCC)C1=C(O)CC2(CCCC2)OC1=O. The Kier molecular flexibility index (Phi) is 4.68. The standard InChI is InChI=1S/C15H23NO4/c1-3-7-11(16-19-4-2)13-12(17)10-15(20-14(13)18)8-5-6-9-15/h17H,3-10H2,1-2H3/b16-11+. The summed E-state index contributed by atoms with van der Waals surface area (Å²) >= 11 is 0. The maximum absolute atomic E-state index is 12.3. The lowest BCUT2D eigenvalue weighted by atomic mass is 9.90. The minimum absolute atomic E-state index is 0.107. The summed E-state index contributed by atoms with van der Waals surface area (Å²) in [7, 11) is 0. The first-order valence-corrected chi connectivity index (χ1v) is 7.46. The molecule has 0 unspecified atom stereocenters. The monoisotopic (exact) mass is 281 g/mol. The fourth-order valence-electron chi connectivity index (χ4n) is 2.97. The fourth-order valence-corrected chi connectivity index (χ4v) is 2.97. The Bertz CT molecular complexity index is 433. The number of nitrogens with zero attached hydrogens (tertiary/aromatic N) is 1. The van der Waals surface area contributed by atoms with Gasteiger partial charge in [0.15, 0.2) is 0 Å². The van der Waals surface area contributed by atoms with Gasteiger partial charge in [-0.1, -0.05) is 18.5 Å². The van der Waals surface area contributed by atoms with Crippen LogP contribution < -0.4 is 0 Å². The first kappa shape index (κ1) is 14.9. The zero-order chi connectivity index (χ0) is 14.6. The van der Waals surface area contributed by atoms with Crippen molar-refractivity contribution in [2.45, 2.75) is 64.4 Å². The lowest BCUT2D eigenvalue weighted by Gasteiger charge is -2.33. The van der Waals surface area contributed by atoms with Gasteiger partial charge in [-0.2, -0.15) is 0 Å². The van der Waals surface area contributed by atoms with Crippen LogP contribution in [0.3, 0.4) is 0 Å². The molecule has 1 fully saturated rings. The predicted octanol–water partition coefficient (Wildman–Crippen LogP) is 3.25. The Morgan fingerprint density at radius 3 is 2.65 bits per heavy atom. The summed E-state index contributed by atoms with van der Waals surface area (Å²) in [5.41, 5.74) is 0.218. The van der Waals surface area contributed by atoms with Crippen molar-refractivity contribution >= 4 is 11.7 Å². The predicted molar refractivity (Wildman–Crippen MR) is 75.5 cm³/mol. The molecule has 1 spiro atoms. The van der Waals surface area contributed by atoms with Crippen molar-refractivity contribution in [2.75, 3.05) is 6.61 Å². The Balaban J connectivity index is 2.26. The van der Waals surface area contributed by atoms with E-state index >= 15 is 0 Å². The van der Waals surface area contributed by atoms with Crippen molar-refractivity contribution in [1.29, 1.82) is 0 Å². The molecule has 2 rings (SSSR count). The van der Waals surface area contributed by atoms with Crippen LogP contribution in [0.1, 0.15) is 58.8 Å². The van der Waals surface area contributed by atoms with E-state index in [2.05, 4.69) is 5.16 Å². The molecule has 0 radical (unpaired) electrons. The zero-order valence-corrected chi connectivity index (χ0v) is 12.3. The molecule has 0 bridgehead atoms. The van der Waals surface area contributed by atoms with Crippen LogP contribution in [0.4, 0.5) is 0 Å². The second-order valence-electron chi connectivity index (χ2n) is 5.48. The van der Waals surface area contributed by atoms with Crippen LogP contribution in [0.5, 0.6) is 0 Å². The fraction of sp³-hybridized carbons (Fsp3) is 0.733. The second kappa shape index (κ2) is 6.29. The van der Waals surface area contributed by atoms with Crippen LogP contribution in [0.2, 0.25) is 0 Å². The van der Waals surface area contributed by atoms with E-state index in [1.807, 2.05) is 13.8 Å². The normalized spacial score (nSPS) is 22.3. The van der Waals surface area contributed by atoms with E-state index in [1.54, 1.807) is 0 Å². The molecule has 1 N–H and O–H groups in total. The number of oxime groups is 1. The molecular formula is C15H23NO4. The molecule has 20 heavy (non-hydrogen) atoms. The van der Waals surface area contributed by atoms with Gasteiger partial charge in [0, 0.05) is 6.42 Å². The molecule has 0 aromatic heterocycles. The maximum atomic E-state index is 12.3. The number of aliphatic hydroxyl groups is 1. The molecule has 112 valence electrons. The highest BCUT2D eigenvalue weighted by Crippen LogP contribution is 2.42. The number of hydrogen-bond acceptors (Lipinski definition) is 5. The van der Waals surface area contributed by atoms with Crippen LogP contribution in [0, 0.1) is 0 Å². The van der Waals surface area contributed by atoms with Gasteiger partial charge in [0.1, 0.15) is 23.5 Å². The van der Waals surface area contributed by atoms with Gasteiger partial charge in [-0.25, -0.2) is 4.79 Å². The first-order valence-electron chi connectivity index (χ1n) is 7.46. The summed E-state index contributed by atoms with van der Waals surface area (Å²) in [6.07, 6.45) is 5.57. The lowest BCUT2D eigenvalue weighted by molar-refractivity contribution is -0.157. The van der Waals surface area contributed by atoms with Crippen LogP contribution in [0.15, 0.2) is 16.5 Å².